The zero-order chi connectivity index (χ0) is 10.8. The van der Waals surface area contributed by atoms with Crippen molar-refractivity contribution < 1.29 is 9.52 Å². The van der Waals surface area contributed by atoms with Gasteiger partial charge in [0.05, 0.1) is 0 Å². The first kappa shape index (κ1) is 10.7. The lowest BCUT2D eigenvalue weighted by Crippen LogP contribution is -1.94. The van der Waals surface area contributed by atoms with Gasteiger partial charge >= 0.3 is 0 Å². The molecule has 2 rings (SSSR count). The molecule has 1 fully saturated rings. The summed E-state index contributed by atoms with van der Waals surface area (Å²) in [5.74, 6) is 3.18. The van der Waals surface area contributed by atoms with Gasteiger partial charge in [0.25, 0.3) is 0 Å². The molecule has 0 radical (unpaired) electrons. The molecule has 1 aromatic heterocycles. The van der Waals surface area contributed by atoms with E-state index in [-0.39, 0.29) is 0 Å². The van der Waals surface area contributed by atoms with Crippen molar-refractivity contribution in [3.8, 4) is 0 Å². The molecule has 1 aliphatic rings. The number of aliphatic hydroxyl groups excluding tert-OH is 1. The highest BCUT2D eigenvalue weighted by Crippen LogP contribution is 2.47. The Bertz CT molecular complexity index is 316. The van der Waals surface area contributed by atoms with Gasteiger partial charge in [-0.2, -0.15) is 0 Å². The van der Waals surface area contributed by atoms with E-state index >= 15 is 0 Å². The third-order valence-electron chi connectivity index (χ3n) is 3.28. The summed E-state index contributed by atoms with van der Waals surface area (Å²) < 4.78 is 5.69. The molecular formula is C13H20O2. The topological polar surface area (TPSA) is 33.4 Å². The maximum Gasteiger partial charge on any atom is 0.132 e. The molecule has 0 bridgehead atoms. The minimum Gasteiger partial charge on any atom is -0.463 e. The van der Waals surface area contributed by atoms with E-state index in [1.54, 1.807) is 0 Å². The third kappa shape index (κ3) is 2.43. The minimum atomic E-state index is -0.409. The molecule has 1 aliphatic carbocycles. The van der Waals surface area contributed by atoms with Crippen molar-refractivity contribution in [2.45, 2.75) is 51.6 Å². The summed E-state index contributed by atoms with van der Waals surface area (Å²) in [6, 6.07) is 3.96. The second-order valence-corrected chi connectivity index (χ2v) is 4.72. The van der Waals surface area contributed by atoms with Crippen LogP contribution in [0.15, 0.2) is 16.5 Å². The monoisotopic (exact) mass is 208 g/mol. The molecule has 15 heavy (non-hydrogen) atoms. The highest BCUT2D eigenvalue weighted by atomic mass is 16.4. The molecule has 84 valence electrons. The fraction of sp³-hybridized carbons (Fsp3) is 0.692. The number of aliphatic hydroxyl groups is 1. The molecule has 3 atom stereocenters. The van der Waals surface area contributed by atoms with Crippen LogP contribution in [0.3, 0.4) is 0 Å². The average molecular weight is 208 g/mol. The van der Waals surface area contributed by atoms with Gasteiger partial charge < -0.3 is 9.52 Å². The SMILES string of the molecule is CCCCC(O)c1ccc(C2CC2C)o1. The highest BCUT2D eigenvalue weighted by Gasteiger charge is 2.36. The lowest BCUT2D eigenvalue weighted by molar-refractivity contribution is 0.135. The molecule has 1 saturated carbocycles. The maximum absolute atomic E-state index is 9.84. The van der Waals surface area contributed by atoms with Crippen molar-refractivity contribution in [2.75, 3.05) is 0 Å². The van der Waals surface area contributed by atoms with Gasteiger partial charge in [0.1, 0.15) is 17.6 Å². The van der Waals surface area contributed by atoms with Crippen LogP contribution in [0.4, 0.5) is 0 Å². The van der Waals surface area contributed by atoms with E-state index in [0.29, 0.717) is 5.92 Å². The molecule has 2 heteroatoms. The predicted octanol–water partition coefficient (Wildman–Crippen LogP) is 3.63. The summed E-state index contributed by atoms with van der Waals surface area (Å²) in [5.41, 5.74) is 0. The normalized spacial score (nSPS) is 26.6. The Kier molecular flexibility index (Phi) is 3.15. The van der Waals surface area contributed by atoms with Crippen LogP contribution in [0.2, 0.25) is 0 Å². The largest absolute Gasteiger partial charge is 0.463 e. The second-order valence-electron chi connectivity index (χ2n) is 4.72. The number of unbranched alkanes of at least 4 members (excludes halogenated alkanes) is 1. The van der Waals surface area contributed by atoms with Gasteiger partial charge in [0, 0.05) is 5.92 Å². The van der Waals surface area contributed by atoms with Crippen LogP contribution in [0, 0.1) is 5.92 Å². The molecule has 0 amide bonds. The molecule has 1 N–H and O–H groups in total. The van der Waals surface area contributed by atoms with Gasteiger partial charge in [-0.25, -0.2) is 0 Å². The van der Waals surface area contributed by atoms with Gasteiger partial charge in [-0.15, -0.1) is 0 Å². The van der Waals surface area contributed by atoms with Gasteiger partial charge in [-0.3, -0.25) is 0 Å². The second kappa shape index (κ2) is 4.40. The number of furan rings is 1. The van der Waals surface area contributed by atoms with E-state index < -0.39 is 6.10 Å². The van der Waals surface area contributed by atoms with Gasteiger partial charge in [-0.1, -0.05) is 26.7 Å². The molecule has 0 aromatic carbocycles. The molecule has 0 saturated heterocycles. The van der Waals surface area contributed by atoms with Crippen LogP contribution in [-0.2, 0) is 0 Å². The number of hydrogen-bond donors (Lipinski definition) is 1. The first-order valence-electron chi connectivity index (χ1n) is 6.00. The molecular weight excluding hydrogens is 188 g/mol. The van der Waals surface area contributed by atoms with Crippen molar-refractivity contribution in [2.24, 2.45) is 5.92 Å². The van der Waals surface area contributed by atoms with E-state index in [9.17, 15) is 5.11 Å². The van der Waals surface area contributed by atoms with Crippen LogP contribution in [-0.4, -0.2) is 5.11 Å². The zero-order valence-corrected chi connectivity index (χ0v) is 9.57. The molecule has 1 aromatic rings. The Morgan fingerprint density at radius 3 is 2.87 bits per heavy atom. The molecule has 3 unspecified atom stereocenters. The maximum atomic E-state index is 9.84. The lowest BCUT2D eigenvalue weighted by Gasteiger charge is -2.05. The Morgan fingerprint density at radius 1 is 1.53 bits per heavy atom. The summed E-state index contributed by atoms with van der Waals surface area (Å²) in [6.45, 7) is 4.37. The summed E-state index contributed by atoms with van der Waals surface area (Å²) in [4.78, 5) is 0. The fourth-order valence-corrected chi connectivity index (χ4v) is 2.01. The Hall–Kier alpha value is -0.760. The number of rotatable bonds is 5. The van der Waals surface area contributed by atoms with Crippen molar-refractivity contribution in [1.29, 1.82) is 0 Å². The van der Waals surface area contributed by atoms with E-state index in [1.807, 2.05) is 12.1 Å². The smallest absolute Gasteiger partial charge is 0.132 e. The van der Waals surface area contributed by atoms with Crippen LogP contribution in [0.1, 0.15) is 63.1 Å². The number of hydrogen-bond acceptors (Lipinski definition) is 2. The summed E-state index contributed by atoms with van der Waals surface area (Å²) >= 11 is 0. The molecule has 0 spiro atoms. The summed E-state index contributed by atoms with van der Waals surface area (Å²) in [5, 5.41) is 9.84. The Morgan fingerprint density at radius 2 is 2.27 bits per heavy atom. The van der Waals surface area contributed by atoms with Crippen molar-refractivity contribution in [3.05, 3.63) is 23.7 Å². The van der Waals surface area contributed by atoms with Gasteiger partial charge in [0.15, 0.2) is 0 Å². The van der Waals surface area contributed by atoms with Gasteiger partial charge in [-0.05, 0) is 30.9 Å². The van der Waals surface area contributed by atoms with E-state index in [1.165, 1.54) is 6.42 Å². The minimum absolute atomic E-state index is 0.409. The molecule has 1 heterocycles. The van der Waals surface area contributed by atoms with E-state index in [4.69, 9.17) is 4.42 Å². The van der Waals surface area contributed by atoms with Crippen LogP contribution in [0.25, 0.3) is 0 Å². The highest BCUT2D eigenvalue weighted by molar-refractivity contribution is 5.18. The van der Waals surface area contributed by atoms with Gasteiger partial charge in [0.2, 0.25) is 0 Å². The average Bonchev–Trinajstić information content (AvgIpc) is 2.80. The zero-order valence-electron chi connectivity index (χ0n) is 9.57. The quantitative estimate of drug-likeness (QED) is 0.801. The first-order chi connectivity index (χ1) is 7.22. The molecule has 0 aliphatic heterocycles. The lowest BCUT2D eigenvalue weighted by atomic mass is 10.1. The van der Waals surface area contributed by atoms with Crippen molar-refractivity contribution >= 4 is 0 Å². The van der Waals surface area contributed by atoms with Crippen LogP contribution >= 0.6 is 0 Å². The van der Waals surface area contributed by atoms with E-state index in [0.717, 1.165) is 36.7 Å². The Labute approximate surface area is 91.3 Å². The summed E-state index contributed by atoms with van der Waals surface area (Å²) in [7, 11) is 0. The van der Waals surface area contributed by atoms with Crippen molar-refractivity contribution in [3.63, 3.8) is 0 Å². The Balaban J connectivity index is 1.94. The van der Waals surface area contributed by atoms with Crippen LogP contribution < -0.4 is 0 Å². The van der Waals surface area contributed by atoms with Crippen molar-refractivity contribution in [1.82, 2.24) is 0 Å². The third-order valence-corrected chi connectivity index (χ3v) is 3.28. The standard InChI is InChI=1S/C13H20O2/c1-3-4-5-11(14)13-7-6-12(15-13)10-8-9(10)2/h6-7,9-11,14H,3-5,8H2,1-2H3. The fourth-order valence-electron chi connectivity index (χ4n) is 2.01. The predicted molar refractivity (Wildman–Crippen MR) is 59.7 cm³/mol. The summed E-state index contributed by atoms with van der Waals surface area (Å²) in [6.07, 6.45) is 3.80. The van der Waals surface area contributed by atoms with Crippen LogP contribution in [0.5, 0.6) is 0 Å². The van der Waals surface area contributed by atoms with E-state index in [2.05, 4.69) is 13.8 Å². The first-order valence-corrected chi connectivity index (χ1v) is 6.00. The molecule has 2 nitrogen and oxygen atoms in total.